The van der Waals surface area contributed by atoms with Crippen molar-refractivity contribution in [2.24, 2.45) is 0 Å². The van der Waals surface area contributed by atoms with Gasteiger partial charge >= 0.3 is 0 Å². The molecule has 156 valence electrons. The Balaban J connectivity index is 1.29. The summed E-state index contributed by atoms with van der Waals surface area (Å²) in [6.45, 7) is 6.59. The average Bonchev–Trinajstić information content (AvgIpc) is 3.22. The van der Waals surface area contributed by atoms with Crippen LogP contribution in [0.25, 0.3) is 0 Å². The van der Waals surface area contributed by atoms with E-state index in [1.807, 2.05) is 65.7 Å². The van der Waals surface area contributed by atoms with Crippen molar-refractivity contribution in [3.05, 3.63) is 86.6 Å². The molecule has 0 atom stereocenters. The predicted octanol–water partition coefficient (Wildman–Crippen LogP) is 5.25. The van der Waals surface area contributed by atoms with Crippen molar-refractivity contribution < 1.29 is 9.53 Å². The summed E-state index contributed by atoms with van der Waals surface area (Å²) in [5.74, 6) is 0.997. The van der Waals surface area contributed by atoms with E-state index in [2.05, 4.69) is 11.0 Å². The molecule has 0 aliphatic carbocycles. The Labute approximate surface area is 186 Å². The molecule has 1 saturated heterocycles. The van der Waals surface area contributed by atoms with Crippen LogP contribution in [-0.4, -0.2) is 41.9 Å². The maximum absolute atomic E-state index is 12.9. The van der Waals surface area contributed by atoms with E-state index in [0.29, 0.717) is 6.61 Å². The lowest BCUT2D eigenvalue weighted by molar-refractivity contribution is 0.0633. The Kier molecular flexibility index (Phi) is 6.72. The van der Waals surface area contributed by atoms with Crippen molar-refractivity contribution in [1.29, 1.82) is 0 Å². The lowest BCUT2D eigenvalue weighted by atomic mass is 10.2. The number of hydrogen-bond acceptors (Lipinski definition) is 4. The fourth-order valence-electron chi connectivity index (χ4n) is 3.60. The summed E-state index contributed by atoms with van der Waals surface area (Å²) < 4.78 is 5.91. The van der Waals surface area contributed by atoms with Crippen LogP contribution in [0.2, 0.25) is 5.02 Å². The summed E-state index contributed by atoms with van der Waals surface area (Å²) in [4.78, 5) is 18.0. The maximum Gasteiger partial charge on any atom is 0.264 e. The van der Waals surface area contributed by atoms with E-state index in [0.717, 1.165) is 59.5 Å². The van der Waals surface area contributed by atoms with Crippen molar-refractivity contribution >= 4 is 28.8 Å². The lowest BCUT2D eigenvalue weighted by Gasteiger charge is -2.34. The van der Waals surface area contributed by atoms with Crippen LogP contribution in [-0.2, 0) is 13.2 Å². The molecule has 6 heteroatoms. The Bertz CT molecular complexity index is 1010. The first kappa shape index (κ1) is 20.9. The summed E-state index contributed by atoms with van der Waals surface area (Å²) in [5, 5.41) is 2.78. The van der Waals surface area contributed by atoms with Gasteiger partial charge in [0.25, 0.3) is 5.91 Å². The number of carbonyl (C=O) groups is 1. The van der Waals surface area contributed by atoms with E-state index < -0.39 is 0 Å². The molecule has 3 aromatic rings. The highest BCUT2D eigenvalue weighted by atomic mass is 35.5. The molecule has 0 radical (unpaired) electrons. The highest BCUT2D eigenvalue weighted by molar-refractivity contribution is 7.12. The van der Waals surface area contributed by atoms with Gasteiger partial charge in [0.05, 0.1) is 4.88 Å². The van der Waals surface area contributed by atoms with Gasteiger partial charge in [-0.05, 0) is 47.7 Å². The maximum atomic E-state index is 12.9. The van der Waals surface area contributed by atoms with E-state index in [-0.39, 0.29) is 5.91 Å². The third-order valence-electron chi connectivity index (χ3n) is 5.31. The van der Waals surface area contributed by atoms with Crippen LogP contribution >= 0.6 is 22.9 Å². The quantitative estimate of drug-likeness (QED) is 0.525. The van der Waals surface area contributed by atoms with Gasteiger partial charge in [-0.15, -0.1) is 11.3 Å². The first-order valence-corrected chi connectivity index (χ1v) is 11.4. The van der Waals surface area contributed by atoms with Gasteiger partial charge < -0.3 is 9.64 Å². The molecule has 1 aromatic heterocycles. The molecule has 0 N–H and O–H groups in total. The molecule has 1 aliphatic rings. The molecule has 4 rings (SSSR count). The summed E-state index contributed by atoms with van der Waals surface area (Å²) in [5.41, 5.74) is 3.35. The number of ether oxygens (including phenoxy) is 1. The topological polar surface area (TPSA) is 32.8 Å². The van der Waals surface area contributed by atoms with Gasteiger partial charge in [-0.2, -0.15) is 0 Å². The minimum absolute atomic E-state index is 0.115. The van der Waals surface area contributed by atoms with Crippen molar-refractivity contribution in [2.75, 3.05) is 26.2 Å². The predicted molar refractivity (Wildman–Crippen MR) is 122 cm³/mol. The zero-order valence-corrected chi connectivity index (χ0v) is 18.6. The molecule has 1 amide bonds. The monoisotopic (exact) mass is 440 g/mol. The van der Waals surface area contributed by atoms with Gasteiger partial charge in [-0.1, -0.05) is 41.9 Å². The molecule has 0 saturated carbocycles. The van der Waals surface area contributed by atoms with Crippen LogP contribution in [0.15, 0.2) is 60.0 Å². The highest BCUT2D eigenvalue weighted by Gasteiger charge is 2.23. The third-order valence-corrected chi connectivity index (χ3v) is 6.51. The third kappa shape index (κ3) is 5.22. The van der Waals surface area contributed by atoms with E-state index in [1.165, 1.54) is 16.9 Å². The Morgan fingerprint density at radius 1 is 1.03 bits per heavy atom. The second-order valence-electron chi connectivity index (χ2n) is 7.57. The number of amides is 1. The molecular formula is C24H25ClN2O2S. The second-order valence-corrected chi connectivity index (χ2v) is 8.92. The average molecular weight is 441 g/mol. The van der Waals surface area contributed by atoms with Gasteiger partial charge in [0.15, 0.2) is 0 Å². The first-order valence-electron chi connectivity index (χ1n) is 10.1. The van der Waals surface area contributed by atoms with Gasteiger partial charge in [0, 0.05) is 43.3 Å². The fraction of sp³-hybridized carbons (Fsp3) is 0.292. The van der Waals surface area contributed by atoms with Crippen LogP contribution in [0.1, 0.15) is 26.4 Å². The summed E-state index contributed by atoms with van der Waals surface area (Å²) >= 11 is 7.58. The molecule has 2 heterocycles. The number of hydrogen-bond donors (Lipinski definition) is 0. The van der Waals surface area contributed by atoms with E-state index in [1.54, 1.807) is 0 Å². The van der Waals surface area contributed by atoms with Crippen LogP contribution < -0.4 is 4.74 Å². The van der Waals surface area contributed by atoms with E-state index in [9.17, 15) is 4.79 Å². The summed E-state index contributed by atoms with van der Waals surface area (Å²) in [6, 6.07) is 17.9. The van der Waals surface area contributed by atoms with Crippen molar-refractivity contribution in [2.45, 2.75) is 20.1 Å². The van der Waals surface area contributed by atoms with Gasteiger partial charge in [0.1, 0.15) is 12.4 Å². The van der Waals surface area contributed by atoms with Crippen LogP contribution in [0.5, 0.6) is 5.75 Å². The Morgan fingerprint density at radius 2 is 1.83 bits per heavy atom. The van der Waals surface area contributed by atoms with Gasteiger partial charge in [-0.3, -0.25) is 9.69 Å². The molecule has 1 fully saturated rings. The Hall–Kier alpha value is -2.34. The number of piperazine rings is 1. The van der Waals surface area contributed by atoms with E-state index >= 15 is 0 Å². The molecule has 30 heavy (non-hydrogen) atoms. The zero-order valence-electron chi connectivity index (χ0n) is 17.0. The number of aryl methyl sites for hydroxylation is 1. The number of halogens is 1. The number of thiophene rings is 1. The van der Waals surface area contributed by atoms with Gasteiger partial charge in [0.2, 0.25) is 0 Å². The van der Waals surface area contributed by atoms with Gasteiger partial charge in [-0.25, -0.2) is 0 Å². The normalized spacial score (nSPS) is 14.7. The number of rotatable bonds is 6. The molecule has 4 nitrogen and oxygen atoms in total. The second kappa shape index (κ2) is 9.65. The first-order chi connectivity index (χ1) is 14.6. The molecule has 1 aliphatic heterocycles. The van der Waals surface area contributed by atoms with Crippen LogP contribution in [0.4, 0.5) is 0 Å². The summed E-state index contributed by atoms with van der Waals surface area (Å²) in [7, 11) is 0. The molecular weight excluding hydrogens is 416 g/mol. The fourth-order valence-corrected chi connectivity index (χ4v) is 4.68. The lowest BCUT2D eigenvalue weighted by Crippen LogP contribution is -2.48. The van der Waals surface area contributed by atoms with Crippen molar-refractivity contribution in [1.82, 2.24) is 9.80 Å². The number of nitrogens with zero attached hydrogens (tertiary/aromatic N) is 2. The standard InChI is InChI=1S/C24H25ClN2O2S/c1-18-5-2-3-8-22(18)29-16-20-14-23(30-17-20)24(28)27-11-9-26(10-12-27)15-19-6-4-7-21(25)13-19/h2-8,13-14,17H,9-12,15-16H2,1H3. The number of para-hydroxylation sites is 1. The number of carbonyl (C=O) groups excluding carboxylic acids is 1. The van der Waals surface area contributed by atoms with Crippen molar-refractivity contribution in [3.8, 4) is 5.75 Å². The smallest absolute Gasteiger partial charge is 0.264 e. The van der Waals surface area contributed by atoms with Crippen LogP contribution in [0, 0.1) is 6.92 Å². The van der Waals surface area contributed by atoms with Crippen LogP contribution in [0.3, 0.4) is 0 Å². The highest BCUT2D eigenvalue weighted by Crippen LogP contribution is 2.22. The molecule has 0 bridgehead atoms. The minimum Gasteiger partial charge on any atom is -0.489 e. The zero-order chi connectivity index (χ0) is 20.9. The SMILES string of the molecule is Cc1ccccc1OCc1csc(C(=O)N2CCN(Cc3cccc(Cl)c3)CC2)c1. The van der Waals surface area contributed by atoms with E-state index in [4.69, 9.17) is 16.3 Å². The molecule has 0 unspecified atom stereocenters. The Morgan fingerprint density at radius 3 is 2.60 bits per heavy atom. The minimum atomic E-state index is 0.115. The summed E-state index contributed by atoms with van der Waals surface area (Å²) in [6.07, 6.45) is 0. The largest absolute Gasteiger partial charge is 0.489 e. The van der Waals surface area contributed by atoms with Crippen molar-refractivity contribution in [3.63, 3.8) is 0 Å². The molecule has 2 aromatic carbocycles. The molecule has 0 spiro atoms. The number of benzene rings is 2.